The van der Waals surface area contributed by atoms with Crippen molar-refractivity contribution in [1.82, 2.24) is 39.9 Å². The molecule has 108 heavy (non-hydrogen) atoms. The fraction of sp³-hybridized carbons (Fsp3) is 0.361. The van der Waals surface area contributed by atoms with Gasteiger partial charge in [0.05, 0.1) is 0 Å². The molecule has 0 aliphatic carbocycles. The summed E-state index contributed by atoms with van der Waals surface area (Å²) in [7, 11) is 0. The molecule has 8 nitrogen and oxygen atoms in total. The van der Waals surface area contributed by atoms with Crippen molar-refractivity contribution < 1.29 is 63.2 Å². The van der Waals surface area contributed by atoms with Gasteiger partial charge in [-0.2, -0.15) is 70.8 Å². The first-order valence-electron chi connectivity index (χ1n) is 38.0. The second-order valence-electron chi connectivity index (χ2n) is 33.9. The van der Waals surface area contributed by atoms with E-state index < -0.39 is 0 Å². The normalized spacial score (nSPS) is 16.8. The summed E-state index contributed by atoms with van der Waals surface area (Å²) >= 11 is 0. The molecule has 11 heterocycles. The Bertz CT molecular complexity index is 5050. The van der Waals surface area contributed by atoms with Crippen LogP contribution in [0.25, 0.3) is 33.9 Å². The maximum Gasteiger partial charge on any atom is 2.00 e. The number of nitrogens with zero attached hydrogens (tertiary/aromatic N) is 8. The zero-order valence-electron chi connectivity index (χ0n) is 67.2. The molecule has 11 heteroatoms. The minimum atomic E-state index is -0.352. The maximum atomic E-state index is 5.50. The molecule has 4 aromatic carbocycles. The van der Waals surface area contributed by atoms with E-state index in [-0.39, 0.29) is 112 Å². The van der Waals surface area contributed by atoms with Gasteiger partial charge in [-0.3, -0.25) is 19.9 Å². The van der Waals surface area contributed by atoms with Crippen LogP contribution in [-0.2, 0) is 138 Å². The fourth-order valence-electron chi connectivity index (χ4n) is 16.1. The zero-order valence-corrected chi connectivity index (χ0v) is 74.0. The molecule has 0 fully saturated rings. The predicted octanol–water partition coefficient (Wildman–Crippen LogP) is 21.7. The molecule has 0 N–H and O–H groups in total. The molecule has 0 spiro atoms. The van der Waals surface area contributed by atoms with Crippen LogP contribution in [0.5, 0.6) is 0 Å². The van der Waals surface area contributed by atoms with Crippen molar-refractivity contribution in [2.75, 3.05) is 0 Å². The van der Waals surface area contributed by atoms with Crippen LogP contribution in [0.1, 0.15) is 276 Å². The molecule has 3 aliphatic rings. The quantitative estimate of drug-likeness (QED) is 0.160. The molecule has 0 radical (unpaired) electrons. The Labute approximate surface area is 688 Å². The molecule has 0 saturated heterocycles. The van der Waals surface area contributed by atoms with Crippen molar-refractivity contribution in [3.05, 3.63) is 330 Å². The number of hydrogen-bond donors (Lipinski definition) is 0. The SMILES string of the molecule is CC1(C)c2[c-]c(ccc2)C(C)(C)c2cccc(n2)C(C)(C)c2[c-]c(ccc2)-c2cccc1n2.CCc1c2[n-]c(c1CC)C(C)(C)c1cccc(n1)-c1[c-]c(ccc1)C(C)(C)c1cccc-2n1.CCc1c2[n-]c(c1CC)C(C)(C)c1cccc(n1)C(C)(C)c1[c-]c(ccc1)C(C)(C)c1cccc(n1)C2(C)C.[Pt+2].[Pt+2].[Pt+2]. The number of benzene rings is 4. The number of fused-ring (bicyclic) bond motifs is 27. The van der Waals surface area contributed by atoms with Crippen LogP contribution >= 0.6 is 0 Å². The van der Waals surface area contributed by atoms with E-state index in [0.717, 1.165) is 161 Å². The summed E-state index contributed by atoms with van der Waals surface area (Å²) in [5.41, 5.74) is 27.8. The first-order chi connectivity index (χ1) is 49.6. The van der Waals surface area contributed by atoms with E-state index in [9.17, 15) is 0 Å². The molecular formula is C97H104N8Pt3. The van der Waals surface area contributed by atoms with Crippen LogP contribution in [0.3, 0.4) is 0 Å². The summed E-state index contributed by atoms with van der Waals surface area (Å²) in [4.78, 5) is 42.1. The summed E-state index contributed by atoms with van der Waals surface area (Å²) < 4.78 is 0. The molecule has 3 aliphatic heterocycles. The summed E-state index contributed by atoms with van der Waals surface area (Å²) in [6.07, 6.45) is 3.75. The van der Waals surface area contributed by atoms with Gasteiger partial charge in [0.25, 0.3) is 0 Å². The Morgan fingerprint density at radius 1 is 0.231 bits per heavy atom. The smallest absolute Gasteiger partial charge is 0.663 e. The molecule has 562 valence electrons. The average Bonchev–Trinajstić information content (AvgIpc) is 1.57. The van der Waals surface area contributed by atoms with Gasteiger partial charge in [-0.05, 0) is 97.7 Å². The third-order valence-corrected chi connectivity index (χ3v) is 23.8. The number of pyridine rings is 6. The standard InChI is InChI=1S/C36H43N3.C31H30N2.C30H31N3.3Pt/c1-11-25-26(12-2)32-36(9,10)30-21-15-19-28(38-30)34(5,6)24-17-13-16-23(22-24)33(3,4)27-18-14-20-29(37-27)35(7,8)31(25)39-32;1-29(2)22-12-7-11-21(19-22)25-15-9-16-26(32-25)30(3,4)23-13-8-14-24(20-23)31(5,6)28-18-10-17-27(29)33-28;1-7-21-22(8-2)28-30(5,6)26-17-10-14-23(31-26)19-12-9-13-20(18-19)29(3,4)25-16-11-15-24(32-25)27(21)33-28;;;/h13-21H,11-12H2,1-10H3;7-18H,1-6H3;9-17H,7-8H2,1-6H3;;;/q3*-2;3*+2. The van der Waals surface area contributed by atoms with Crippen LogP contribution in [0, 0.1) is 24.3 Å². The van der Waals surface area contributed by atoms with Crippen molar-refractivity contribution in [1.29, 1.82) is 0 Å². The Morgan fingerprint density at radius 3 is 0.750 bits per heavy atom. The van der Waals surface area contributed by atoms with Crippen molar-refractivity contribution >= 4 is 0 Å². The minimum Gasteiger partial charge on any atom is -0.663 e. The minimum absolute atomic E-state index is 0. The van der Waals surface area contributed by atoms with E-state index in [1.807, 2.05) is 0 Å². The van der Waals surface area contributed by atoms with Crippen molar-refractivity contribution in [2.24, 2.45) is 0 Å². The summed E-state index contributed by atoms with van der Waals surface area (Å²) in [5.74, 6) is 0. The molecule has 0 saturated carbocycles. The van der Waals surface area contributed by atoms with Crippen LogP contribution in [0.15, 0.2) is 182 Å². The largest absolute Gasteiger partial charge is 2.00 e. The third-order valence-electron chi connectivity index (χ3n) is 23.8. The van der Waals surface area contributed by atoms with Crippen molar-refractivity contribution in [3.8, 4) is 33.9 Å². The number of aromatic nitrogens is 8. The molecule has 24 bridgehead atoms. The topological polar surface area (TPSA) is 106 Å². The third kappa shape index (κ3) is 14.7. The van der Waals surface area contributed by atoms with Crippen LogP contribution in [0.2, 0.25) is 0 Å². The van der Waals surface area contributed by atoms with Gasteiger partial charge in [0.2, 0.25) is 0 Å². The molecule has 0 unspecified atom stereocenters. The van der Waals surface area contributed by atoms with E-state index >= 15 is 0 Å². The van der Waals surface area contributed by atoms with Gasteiger partial charge in [-0.25, -0.2) is 0 Å². The Balaban J connectivity index is 0.000000171. The van der Waals surface area contributed by atoms with E-state index in [0.29, 0.717) is 0 Å². The van der Waals surface area contributed by atoms with Gasteiger partial charge >= 0.3 is 63.2 Å². The number of hydrogen-bond acceptors (Lipinski definition) is 6. The second-order valence-corrected chi connectivity index (χ2v) is 33.9. The summed E-state index contributed by atoms with van der Waals surface area (Å²) in [6, 6.07) is 78.8. The van der Waals surface area contributed by atoms with Crippen molar-refractivity contribution in [2.45, 2.75) is 227 Å². The van der Waals surface area contributed by atoms with E-state index in [4.69, 9.17) is 39.9 Å². The molecule has 12 aromatic rings. The Hall–Kier alpha value is -7.60. The molecule has 15 rings (SSSR count). The molecular weight excluding hydrogens is 1860 g/mol. The van der Waals surface area contributed by atoms with E-state index in [1.54, 1.807) is 0 Å². The first kappa shape index (κ1) is 82.9. The van der Waals surface area contributed by atoms with E-state index in [1.165, 1.54) is 22.3 Å². The molecule has 0 atom stereocenters. The van der Waals surface area contributed by atoms with Crippen LogP contribution < -0.4 is 9.97 Å². The summed E-state index contributed by atoms with van der Waals surface area (Å²) in [6.45, 7) is 49.4. The van der Waals surface area contributed by atoms with Crippen LogP contribution in [-0.4, -0.2) is 29.9 Å². The van der Waals surface area contributed by atoms with Gasteiger partial charge in [0.1, 0.15) is 0 Å². The monoisotopic (exact) mass is 1970 g/mol. The Kier molecular flexibility index (Phi) is 23.7. The van der Waals surface area contributed by atoms with Gasteiger partial charge in [-0.1, -0.05) is 223 Å². The van der Waals surface area contributed by atoms with Crippen molar-refractivity contribution in [3.63, 3.8) is 0 Å². The molecule has 8 aromatic heterocycles. The van der Waals surface area contributed by atoms with Gasteiger partial charge in [-0.15, -0.1) is 93.6 Å². The first-order valence-corrected chi connectivity index (χ1v) is 38.0. The fourth-order valence-corrected chi connectivity index (χ4v) is 16.1. The molecule has 0 amide bonds. The number of rotatable bonds is 4. The zero-order chi connectivity index (χ0) is 75.2. The summed E-state index contributed by atoms with van der Waals surface area (Å²) in [5, 5.41) is 0. The average molecular weight is 1970 g/mol. The van der Waals surface area contributed by atoms with Gasteiger partial charge < -0.3 is 19.9 Å². The maximum absolute atomic E-state index is 5.50. The van der Waals surface area contributed by atoms with Gasteiger partial charge in [0.15, 0.2) is 0 Å². The van der Waals surface area contributed by atoms with Gasteiger partial charge in [0, 0.05) is 106 Å². The van der Waals surface area contributed by atoms with E-state index in [2.05, 4.69) is 359 Å². The van der Waals surface area contributed by atoms with Crippen LogP contribution in [0.4, 0.5) is 0 Å². The second kappa shape index (κ2) is 30.9. The Morgan fingerprint density at radius 2 is 0.444 bits per heavy atom. The predicted molar refractivity (Wildman–Crippen MR) is 430 cm³/mol.